The minimum absolute atomic E-state index is 0.0832. The van der Waals surface area contributed by atoms with E-state index < -0.39 is 0 Å². The lowest BCUT2D eigenvalue weighted by molar-refractivity contribution is 0.0378. The van der Waals surface area contributed by atoms with Crippen molar-refractivity contribution in [3.8, 4) is 5.75 Å². The van der Waals surface area contributed by atoms with Crippen molar-refractivity contribution in [2.24, 2.45) is 0 Å². The number of phenolic OH excluding ortho intramolecular Hbond substituents is 1. The van der Waals surface area contributed by atoms with E-state index in [1.807, 2.05) is 16.5 Å². The van der Waals surface area contributed by atoms with Crippen LogP contribution in [0, 0.1) is 0 Å². The Balaban J connectivity index is 1.49. The molecule has 1 aliphatic rings. The first-order valence-corrected chi connectivity index (χ1v) is 9.64. The minimum Gasteiger partial charge on any atom is -0.508 e. The summed E-state index contributed by atoms with van der Waals surface area (Å²) < 4.78 is 7.31. The van der Waals surface area contributed by atoms with Crippen molar-refractivity contribution in [3.05, 3.63) is 46.9 Å². The molecule has 2 aromatic heterocycles. The molecule has 0 spiro atoms. The predicted octanol–water partition coefficient (Wildman–Crippen LogP) is 2.28. The number of anilines is 1. The highest BCUT2D eigenvalue weighted by molar-refractivity contribution is 6.07. The lowest BCUT2D eigenvalue weighted by atomic mass is 10.1. The molecule has 0 radical (unpaired) electrons. The highest BCUT2D eigenvalue weighted by Gasteiger charge is 2.17. The maximum absolute atomic E-state index is 13.2. The van der Waals surface area contributed by atoms with Crippen LogP contribution in [0.4, 0.5) is 5.69 Å². The minimum atomic E-state index is -0.0832. The lowest BCUT2D eigenvalue weighted by Gasteiger charge is -2.26. The zero-order valence-electron chi connectivity index (χ0n) is 15.5. The lowest BCUT2D eigenvalue weighted by Crippen LogP contribution is -2.37. The van der Waals surface area contributed by atoms with Crippen molar-refractivity contribution < 1.29 is 9.84 Å². The van der Waals surface area contributed by atoms with Crippen LogP contribution in [-0.4, -0.2) is 58.8 Å². The standard InChI is InChI=1S/C21H22N4O3/c26-14-2-5-18-15(12-14)21(27)19-16(3-4-17-20(19)25(18)13-23-17)22-6-1-7-24-8-10-28-11-9-24/h2-5,12-13,22,26H,1,6-11H2. The molecule has 1 aliphatic heterocycles. The largest absolute Gasteiger partial charge is 0.508 e. The Labute approximate surface area is 161 Å². The Morgan fingerprint density at radius 3 is 2.89 bits per heavy atom. The second kappa shape index (κ2) is 6.92. The molecule has 144 valence electrons. The molecule has 0 aliphatic carbocycles. The second-order valence-electron chi connectivity index (χ2n) is 7.24. The zero-order valence-corrected chi connectivity index (χ0v) is 15.5. The molecule has 0 amide bonds. The van der Waals surface area contributed by atoms with Gasteiger partial charge in [-0.1, -0.05) is 0 Å². The van der Waals surface area contributed by atoms with E-state index in [1.54, 1.807) is 18.5 Å². The van der Waals surface area contributed by atoms with Gasteiger partial charge in [-0.05, 0) is 43.3 Å². The summed E-state index contributed by atoms with van der Waals surface area (Å²) in [5.41, 5.74) is 3.10. The molecule has 2 N–H and O–H groups in total. The molecule has 28 heavy (non-hydrogen) atoms. The topological polar surface area (TPSA) is 79.1 Å². The number of nitrogens with one attached hydrogen (secondary N) is 1. The highest BCUT2D eigenvalue weighted by atomic mass is 16.5. The fraction of sp³-hybridized carbons (Fsp3) is 0.333. The normalized spacial score (nSPS) is 15.7. The van der Waals surface area contributed by atoms with Gasteiger partial charge in [0.05, 0.1) is 40.5 Å². The number of hydrogen-bond acceptors (Lipinski definition) is 6. The number of aromatic nitrogens is 2. The number of aromatic hydroxyl groups is 1. The highest BCUT2D eigenvalue weighted by Crippen LogP contribution is 2.29. The number of nitrogens with zero attached hydrogens (tertiary/aromatic N) is 3. The number of benzene rings is 2. The molecule has 7 nitrogen and oxygen atoms in total. The summed E-state index contributed by atoms with van der Waals surface area (Å²) in [5.74, 6) is 0.0860. The van der Waals surface area contributed by atoms with Crippen LogP contribution in [0.3, 0.4) is 0 Å². The van der Waals surface area contributed by atoms with E-state index in [0.717, 1.165) is 68.1 Å². The van der Waals surface area contributed by atoms with E-state index >= 15 is 0 Å². The average molecular weight is 378 g/mol. The van der Waals surface area contributed by atoms with Gasteiger partial charge in [-0.3, -0.25) is 14.1 Å². The van der Waals surface area contributed by atoms with Gasteiger partial charge in [0.15, 0.2) is 5.43 Å². The summed E-state index contributed by atoms with van der Waals surface area (Å²) in [5, 5.41) is 14.4. The maximum Gasteiger partial charge on any atom is 0.199 e. The third kappa shape index (κ3) is 2.83. The van der Waals surface area contributed by atoms with Gasteiger partial charge in [-0.25, -0.2) is 4.98 Å². The molecule has 5 rings (SSSR count). The van der Waals surface area contributed by atoms with Gasteiger partial charge in [0.2, 0.25) is 0 Å². The van der Waals surface area contributed by atoms with Crippen LogP contribution >= 0.6 is 0 Å². The first-order chi connectivity index (χ1) is 13.7. The van der Waals surface area contributed by atoms with E-state index in [2.05, 4.69) is 15.2 Å². The summed E-state index contributed by atoms with van der Waals surface area (Å²) in [6.07, 6.45) is 2.72. The van der Waals surface area contributed by atoms with Crippen LogP contribution in [0.15, 0.2) is 41.5 Å². The molecule has 0 saturated carbocycles. The fourth-order valence-corrected chi connectivity index (χ4v) is 4.07. The number of ether oxygens (including phenoxy) is 1. The molecule has 1 saturated heterocycles. The monoisotopic (exact) mass is 378 g/mol. The molecule has 0 unspecified atom stereocenters. The van der Waals surface area contributed by atoms with Gasteiger partial charge in [0.25, 0.3) is 0 Å². The summed E-state index contributed by atoms with van der Waals surface area (Å²) in [6, 6.07) is 8.75. The first kappa shape index (κ1) is 17.2. The van der Waals surface area contributed by atoms with Gasteiger partial charge in [-0.15, -0.1) is 0 Å². The number of pyridine rings is 1. The van der Waals surface area contributed by atoms with Crippen molar-refractivity contribution in [1.29, 1.82) is 0 Å². The van der Waals surface area contributed by atoms with Crippen LogP contribution in [0.5, 0.6) is 5.75 Å². The molecule has 0 bridgehead atoms. The van der Waals surface area contributed by atoms with Crippen LogP contribution < -0.4 is 10.7 Å². The van der Waals surface area contributed by atoms with Crippen molar-refractivity contribution in [1.82, 2.24) is 14.3 Å². The Morgan fingerprint density at radius 1 is 1.18 bits per heavy atom. The summed E-state index contributed by atoms with van der Waals surface area (Å²) in [4.78, 5) is 20.1. The van der Waals surface area contributed by atoms with E-state index in [9.17, 15) is 9.90 Å². The van der Waals surface area contributed by atoms with Crippen LogP contribution in [0.2, 0.25) is 0 Å². The second-order valence-corrected chi connectivity index (χ2v) is 7.24. The predicted molar refractivity (Wildman–Crippen MR) is 110 cm³/mol. The van der Waals surface area contributed by atoms with Gasteiger partial charge in [0.1, 0.15) is 12.1 Å². The van der Waals surface area contributed by atoms with E-state index in [1.165, 1.54) is 6.07 Å². The Kier molecular flexibility index (Phi) is 4.26. The molecule has 0 atom stereocenters. The maximum atomic E-state index is 13.2. The Hall–Kier alpha value is -2.90. The van der Waals surface area contributed by atoms with Gasteiger partial charge >= 0.3 is 0 Å². The van der Waals surface area contributed by atoms with Crippen LogP contribution in [-0.2, 0) is 4.74 Å². The van der Waals surface area contributed by atoms with Crippen molar-refractivity contribution in [2.45, 2.75) is 6.42 Å². The summed E-state index contributed by atoms with van der Waals surface area (Å²) in [7, 11) is 0. The van der Waals surface area contributed by atoms with Crippen LogP contribution in [0.1, 0.15) is 6.42 Å². The third-order valence-corrected chi connectivity index (χ3v) is 5.49. The molecule has 1 fully saturated rings. The SMILES string of the molecule is O=c1c2cc(O)ccc2n2cnc3ccc(NCCCN4CCOCC4)c1c32. The quantitative estimate of drug-likeness (QED) is 0.410. The smallest absolute Gasteiger partial charge is 0.199 e. The molecular weight excluding hydrogens is 356 g/mol. The van der Waals surface area contributed by atoms with Crippen molar-refractivity contribution in [3.63, 3.8) is 0 Å². The molecular formula is C21H22N4O3. The molecule has 3 heterocycles. The van der Waals surface area contributed by atoms with Gasteiger partial charge in [0, 0.05) is 25.3 Å². The Morgan fingerprint density at radius 2 is 2.04 bits per heavy atom. The van der Waals surface area contributed by atoms with Crippen molar-refractivity contribution in [2.75, 3.05) is 44.7 Å². The van der Waals surface area contributed by atoms with Crippen molar-refractivity contribution >= 4 is 33.0 Å². The first-order valence-electron chi connectivity index (χ1n) is 9.64. The molecule has 2 aromatic carbocycles. The number of imidazole rings is 1. The van der Waals surface area contributed by atoms with E-state index in [4.69, 9.17) is 4.74 Å². The Bertz CT molecular complexity index is 1200. The fourth-order valence-electron chi connectivity index (χ4n) is 4.07. The number of hydrogen-bond donors (Lipinski definition) is 2. The van der Waals surface area contributed by atoms with Gasteiger partial charge < -0.3 is 15.2 Å². The number of morpholine rings is 1. The van der Waals surface area contributed by atoms with Gasteiger partial charge in [-0.2, -0.15) is 0 Å². The van der Waals surface area contributed by atoms with E-state index in [-0.39, 0.29) is 11.2 Å². The number of phenols is 1. The molecule has 4 aromatic rings. The van der Waals surface area contributed by atoms with Crippen LogP contribution in [0.25, 0.3) is 27.3 Å². The molecule has 7 heteroatoms. The van der Waals surface area contributed by atoms with E-state index in [0.29, 0.717) is 10.8 Å². The zero-order chi connectivity index (χ0) is 19.1. The average Bonchev–Trinajstić information content (AvgIpc) is 3.15. The summed E-state index contributed by atoms with van der Waals surface area (Å²) >= 11 is 0. The number of rotatable bonds is 5. The number of fused-ring (bicyclic) bond motifs is 2. The summed E-state index contributed by atoms with van der Waals surface area (Å²) in [6.45, 7) is 5.36. The third-order valence-electron chi connectivity index (χ3n) is 5.49.